The number of rotatable bonds is 5. The van der Waals surface area contributed by atoms with Crippen molar-refractivity contribution in [2.75, 3.05) is 0 Å². The van der Waals surface area contributed by atoms with Gasteiger partial charge in [0, 0.05) is 11.5 Å². The Kier molecular flexibility index (Phi) is 9.38. The molecule has 6 atom stereocenters. The second kappa shape index (κ2) is 11.8. The lowest BCUT2D eigenvalue weighted by atomic mass is 9.89. The fourth-order valence-electron chi connectivity index (χ4n) is 4.64. The summed E-state index contributed by atoms with van der Waals surface area (Å²) in [5.41, 5.74) is 1.07. The number of hydrogen-bond donors (Lipinski definition) is 0. The van der Waals surface area contributed by atoms with Crippen molar-refractivity contribution in [3.05, 3.63) is 59.7 Å². The van der Waals surface area contributed by atoms with Gasteiger partial charge in [-0.1, -0.05) is 70.2 Å². The summed E-state index contributed by atoms with van der Waals surface area (Å²) in [6, 6.07) is 9.94. The Labute approximate surface area is 223 Å². The fourth-order valence-corrected chi connectivity index (χ4v) is 6.02. The Bertz CT molecular complexity index is 995. The third-order valence-electron chi connectivity index (χ3n) is 8.05. The SMILES string of the molecule is C/C(=C\C=O)[C@H]1OC(=O)CC(O[Si](C)(C)C(C)(C)C)CC[C@@]2(C)O[C@@H](c3ccccc3)O[C@H]2/C=C\[C@@H]1C. The summed E-state index contributed by atoms with van der Waals surface area (Å²) in [4.78, 5) is 24.4. The Balaban J connectivity index is 1.97. The average Bonchev–Trinajstić information content (AvgIpc) is 3.15. The van der Waals surface area contributed by atoms with E-state index >= 15 is 0 Å². The van der Waals surface area contributed by atoms with Crippen molar-refractivity contribution in [1.82, 2.24) is 0 Å². The first-order valence-electron chi connectivity index (χ1n) is 13.3. The largest absolute Gasteiger partial charge is 0.457 e. The summed E-state index contributed by atoms with van der Waals surface area (Å²) < 4.78 is 25.7. The molecule has 7 heteroatoms. The minimum Gasteiger partial charge on any atom is -0.457 e. The number of carbonyl (C=O) groups excluding carboxylic acids is 2. The molecule has 1 saturated heterocycles. The van der Waals surface area contributed by atoms with Gasteiger partial charge in [-0.15, -0.1) is 0 Å². The van der Waals surface area contributed by atoms with Gasteiger partial charge in [0.1, 0.15) is 18.5 Å². The molecule has 0 amide bonds. The maximum absolute atomic E-state index is 13.2. The van der Waals surface area contributed by atoms with Gasteiger partial charge >= 0.3 is 5.97 Å². The first-order valence-corrected chi connectivity index (χ1v) is 16.2. The highest BCUT2D eigenvalue weighted by molar-refractivity contribution is 6.74. The molecule has 1 aromatic rings. The summed E-state index contributed by atoms with van der Waals surface area (Å²) in [6.45, 7) is 16.9. The van der Waals surface area contributed by atoms with E-state index in [2.05, 4.69) is 40.8 Å². The highest BCUT2D eigenvalue weighted by Gasteiger charge is 2.47. The normalized spacial score (nSPS) is 33.0. The van der Waals surface area contributed by atoms with E-state index in [1.807, 2.05) is 56.3 Å². The number of hydrogen-bond acceptors (Lipinski definition) is 6. The van der Waals surface area contributed by atoms with Gasteiger partial charge in [0.25, 0.3) is 0 Å². The molecule has 1 unspecified atom stereocenters. The highest BCUT2D eigenvalue weighted by atomic mass is 28.4. The Morgan fingerprint density at radius 2 is 1.84 bits per heavy atom. The molecule has 0 aromatic heterocycles. The quantitative estimate of drug-likeness (QED) is 0.140. The fraction of sp³-hybridized carbons (Fsp3) is 0.600. The molecule has 204 valence electrons. The van der Waals surface area contributed by atoms with Gasteiger partial charge < -0.3 is 18.6 Å². The average molecular weight is 529 g/mol. The number of ether oxygens (including phenoxy) is 3. The second-order valence-corrected chi connectivity index (χ2v) is 16.9. The standard InChI is InChI=1S/C30H44O6Si/c1-21-14-15-25-30(6,35-28(33-25)23-12-10-9-11-13-23)18-16-24(36-37(7,8)29(3,4)5)20-26(32)34-27(21)22(2)17-19-31/h9-15,17,19,21,24-25,27-28H,16,18,20H2,1-8H3/b15-14-,22-17+/t21-,24?,25-,27-,28-,30+/m0/s1. The van der Waals surface area contributed by atoms with Crippen molar-refractivity contribution in [3.8, 4) is 0 Å². The summed E-state index contributed by atoms with van der Waals surface area (Å²) in [5.74, 6) is -0.483. The predicted octanol–water partition coefficient (Wildman–Crippen LogP) is 6.68. The molecule has 6 nitrogen and oxygen atoms in total. The predicted molar refractivity (Wildman–Crippen MR) is 147 cm³/mol. The summed E-state index contributed by atoms with van der Waals surface area (Å²) in [5, 5.41) is 0.00147. The maximum Gasteiger partial charge on any atom is 0.308 e. The molecule has 37 heavy (non-hydrogen) atoms. The van der Waals surface area contributed by atoms with Gasteiger partial charge in [0.2, 0.25) is 0 Å². The van der Waals surface area contributed by atoms with Gasteiger partial charge in [0.05, 0.1) is 18.1 Å². The zero-order valence-electron chi connectivity index (χ0n) is 23.7. The third-order valence-corrected chi connectivity index (χ3v) is 12.6. The smallest absolute Gasteiger partial charge is 0.308 e. The Morgan fingerprint density at radius 1 is 1.16 bits per heavy atom. The lowest BCUT2D eigenvalue weighted by Gasteiger charge is -2.40. The molecule has 0 radical (unpaired) electrons. The molecule has 0 saturated carbocycles. The van der Waals surface area contributed by atoms with Crippen LogP contribution in [-0.4, -0.2) is 44.5 Å². The molecule has 0 bridgehead atoms. The van der Waals surface area contributed by atoms with Crippen LogP contribution in [0.25, 0.3) is 0 Å². The van der Waals surface area contributed by atoms with Crippen molar-refractivity contribution < 1.29 is 28.2 Å². The van der Waals surface area contributed by atoms with E-state index in [-0.39, 0.29) is 35.6 Å². The van der Waals surface area contributed by atoms with Gasteiger partial charge in [-0.25, -0.2) is 0 Å². The summed E-state index contributed by atoms with van der Waals surface area (Å²) in [7, 11) is -2.15. The number of esters is 1. The van der Waals surface area contributed by atoms with E-state index in [1.54, 1.807) is 0 Å². The zero-order chi connectivity index (χ0) is 27.4. The monoisotopic (exact) mass is 528 g/mol. The van der Waals surface area contributed by atoms with Crippen LogP contribution in [-0.2, 0) is 28.2 Å². The van der Waals surface area contributed by atoms with Crippen molar-refractivity contribution in [2.24, 2.45) is 5.92 Å². The van der Waals surface area contributed by atoms with Crippen LogP contribution in [0, 0.1) is 5.92 Å². The molecular weight excluding hydrogens is 484 g/mol. The van der Waals surface area contributed by atoms with Crippen LogP contribution in [0.1, 0.15) is 72.7 Å². The molecule has 3 rings (SSSR count). The van der Waals surface area contributed by atoms with Gasteiger partial charge in [-0.2, -0.15) is 0 Å². The molecule has 1 fully saturated rings. The highest BCUT2D eigenvalue weighted by Crippen LogP contribution is 2.44. The van der Waals surface area contributed by atoms with Crippen LogP contribution in [0.15, 0.2) is 54.1 Å². The molecule has 2 heterocycles. The van der Waals surface area contributed by atoms with Crippen LogP contribution >= 0.6 is 0 Å². The number of cyclic esters (lactones) is 1. The van der Waals surface area contributed by atoms with Gasteiger partial charge in [-0.05, 0) is 56.5 Å². The maximum atomic E-state index is 13.2. The van der Waals surface area contributed by atoms with Crippen molar-refractivity contribution in [1.29, 1.82) is 0 Å². The van der Waals surface area contributed by atoms with E-state index < -0.39 is 26.3 Å². The Morgan fingerprint density at radius 3 is 2.46 bits per heavy atom. The summed E-state index contributed by atoms with van der Waals surface area (Å²) >= 11 is 0. The molecule has 2 aliphatic rings. The van der Waals surface area contributed by atoms with E-state index in [0.717, 1.165) is 11.8 Å². The van der Waals surface area contributed by atoms with E-state index in [0.29, 0.717) is 18.4 Å². The second-order valence-electron chi connectivity index (χ2n) is 12.2. The van der Waals surface area contributed by atoms with E-state index in [9.17, 15) is 9.59 Å². The van der Waals surface area contributed by atoms with Crippen LogP contribution in [0.3, 0.4) is 0 Å². The van der Waals surface area contributed by atoms with Crippen molar-refractivity contribution in [2.45, 2.75) is 109 Å². The van der Waals surface area contributed by atoms with Crippen molar-refractivity contribution in [3.63, 3.8) is 0 Å². The van der Waals surface area contributed by atoms with E-state index in [1.165, 1.54) is 6.08 Å². The number of carbonyl (C=O) groups is 2. The molecular formula is C30H44O6Si. The lowest BCUT2D eigenvalue weighted by Crippen LogP contribution is -2.45. The molecule has 1 aromatic carbocycles. The Hall–Kier alpha value is -2.06. The third kappa shape index (κ3) is 7.28. The van der Waals surface area contributed by atoms with Gasteiger partial charge in [0.15, 0.2) is 14.6 Å². The number of fused-ring (bicyclic) bond motifs is 1. The molecule has 0 N–H and O–H groups in total. The zero-order valence-corrected chi connectivity index (χ0v) is 24.7. The van der Waals surface area contributed by atoms with Crippen LogP contribution < -0.4 is 0 Å². The minimum absolute atomic E-state index is 0.00147. The lowest BCUT2D eigenvalue weighted by molar-refractivity contribution is -0.151. The molecule has 0 spiro atoms. The minimum atomic E-state index is -2.15. The molecule has 2 aliphatic heterocycles. The van der Waals surface area contributed by atoms with E-state index in [4.69, 9.17) is 18.6 Å². The van der Waals surface area contributed by atoms with Gasteiger partial charge in [-0.3, -0.25) is 9.59 Å². The van der Waals surface area contributed by atoms with Crippen LogP contribution in [0.5, 0.6) is 0 Å². The van der Waals surface area contributed by atoms with Crippen LogP contribution in [0.2, 0.25) is 18.1 Å². The number of allylic oxidation sites excluding steroid dienone is 1. The topological polar surface area (TPSA) is 71.1 Å². The summed E-state index contributed by atoms with van der Waals surface area (Å²) in [6.07, 6.45) is 6.04. The first-order chi connectivity index (χ1) is 17.3. The first kappa shape index (κ1) is 29.5. The number of benzene rings is 1. The number of aldehydes is 1. The molecule has 0 aliphatic carbocycles. The van der Waals surface area contributed by atoms with Crippen LogP contribution in [0.4, 0.5) is 0 Å². The van der Waals surface area contributed by atoms with Crippen molar-refractivity contribution >= 4 is 20.6 Å².